The standard InChI is InChI=1S/C17H18F3N5O/c18-17(19,20)13-3-1-2-11(4-13)9-25(16-5-12(6-16)7-16)14(26)8-23-15(22)24-10-21/h1-4,12H,5-9H2,(H3,22,23,24). The highest BCUT2D eigenvalue weighted by Gasteiger charge is 2.61. The summed E-state index contributed by atoms with van der Waals surface area (Å²) in [6, 6.07) is 5.00. The van der Waals surface area contributed by atoms with E-state index >= 15 is 0 Å². The Morgan fingerprint density at radius 3 is 2.65 bits per heavy atom. The molecule has 138 valence electrons. The van der Waals surface area contributed by atoms with Gasteiger partial charge < -0.3 is 10.6 Å². The van der Waals surface area contributed by atoms with E-state index in [0.717, 1.165) is 31.4 Å². The van der Waals surface area contributed by atoms with Gasteiger partial charge in [-0.2, -0.15) is 18.4 Å². The number of hydrogen-bond acceptors (Lipinski definition) is 3. The largest absolute Gasteiger partial charge is 0.416 e. The van der Waals surface area contributed by atoms with Crippen LogP contribution in [0.15, 0.2) is 29.3 Å². The van der Waals surface area contributed by atoms with Gasteiger partial charge in [-0.05, 0) is 42.9 Å². The molecule has 0 aliphatic heterocycles. The number of carbonyl (C=O) groups is 1. The fourth-order valence-electron chi connectivity index (χ4n) is 3.65. The number of carbonyl (C=O) groups excluding carboxylic acids is 1. The first kappa shape index (κ1) is 18.0. The van der Waals surface area contributed by atoms with Crippen LogP contribution in [0.1, 0.15) is 30.4 Å². The van der Waals surface area contributed by atoms with Crippen LogP contribution >= 0.6 is 0 Å². The highest BCUT2D eigenvalue weighted by atomic mass is 19.4. The summed E-state index contributed by atoms with van der Waals surface area (Å²) in [4.78, 5) is 18.1. The molecule has 2 bridgehead atoms. The molecule has 3 saturated carbocycles. The highest BCUT2D eigenvalue weighted by Crippen LogP contribution is 2.60. The van der Waals surface area contributed by atoms with Gasteiger partial charge in [0.1, 0.15) is 6.54 Å². The Bertz CT molecular complexity index is 766. The number of halogens is 3. The second-order valence-corrected chi connectivity index (χ2v) is 6.82. The molecule has 0 atom stereocenters. The van der Waals surface area contributed by atoms with Crippen molar-refractivity contribution in [3.8, 4) is 6.19 Å². The Morgan fingerprint density at radius 2 is 2.12 bits per heavy atom. The van der Waals surface area contributed by atoms with E-state index in [1.165, 1.54) is 6.07 Å². The molecule has 3 aliphatic carbocycles. The second kappa shape index (κ2) is 6.52. The Morgan fingerprint density at radius 1 is 1.42 bits per heavy atom. The molecule has 0 spiro atoms. The molecule has 0 radical (unpaired) electrons. The molecule has 26 heavy (non-hydrogen) atoms. The summed E-state index contributed by atoms with van der Waals surface area (Å²) < 4.78 is 38.8. The van der Waals surface area contributed by atoms with Gasteiger partial charge in [0.25, 0.3) is 0 Å². The van der Waals surface area contributed by atoms with Gasteiger partial charge >= 0.3 is 6.18 Å². The third-order valence-electron chi connectivity index (χ3n) is 5.04. The van der Waals surface area contributed by atoms with Crippen molar-refractivity contribution in [3.05, 3.63) is 35.4 Å². The molecule has 0 heterocycles. The normalized spacial score (nSPS) is 24.1. The van der Waals surface area contributed by atoms with Gasteiger partial charge in [0.15, 0.2) is 6.19 Å². The van der Waals surface area contributed by atoms with Crippen LogP contribution in [0, 0.1) is 17.4 Å². The van der Waals surface area contributed by atoms with E-state index in [9.17, 15) is 18.0 Å². The fraction of sp³-hybridized carbons (Fsp3) is 0.471. The number of nitriles is 1. The average molecular weight is 365 g/mol. The summed E-state index contributed by atoms with van der Waals surface area (Å²) >= 11 is 0. The topological polar surface area (TPSA) is 94.5 Å². The number of benzene rings is 1. The van der Waals surface area contributed by atoms with Crippen molar-refractivity contribution >= 4 is 11.9 Å². The Labute approximate surface area is 148 Å². The molecule has 0 aromatic heterocycles. The zero-order chi connectivity index (χ0) is 18.9. The molecule has 0 unspecified atom stereocenters. The molecule has 3 N–H and O–H groups in total. The van der Waals surface area contributed by atoms with Crippen molar-refractivity contribution in [1.29, 1.82) is 5.26 Å². The van der Waals surface area contributed by atoms with Gasteiger partial charge in [0.2, 0.25) is 11.9 Å². The summed E-state index contributed by atoms with van der Waals surface area (Å²) in [5.41, 5.74) is 4.85. The third-order valence-corrected chi connectivity index (χ3v) is 5.04. The molecular weight excluding hydrogens is 347 g/mol. The van der Waals surface area contributed by atoms with E-state index in [2.05, 4.69) is 10.3 Å². The Kier molecular flexibility index (Phi) is 4.52. The molecule has 4 rings (SSSR count). The van der Waals surface area contributed by atoms with Gasteiger partial charge in [-0.1, -0.05) is 12.1 Å². The first-order valence-electron chi connectivity index (χ1n) is 8.15. The number of aliphatic imine (C=N–C) groups is 1. The Hall–Kier alpha value is -2.76. The quantitative estimate of drug-likeness (QED) is 0.361. The number of hydrogen-bond donors (Lipinski definition) is 2. The first-order chi connectivity index (χ1) is 12.2. The number of nitrogens with one attached hydrogen (secondary N) is 1. The van der Waals surface area contributed by atoms with E-state index in [-0.39, 0.29) is 30.5 Å². The second-order valence-electron chi connectivity index (χ2n) is 6.82. The number of amides is 1. The molecule has 6 nitrogen and oxygen atoms in total. The van der Waals surface area contributed by atoms with Crippen molar-refractivity contribution in [2.24, 2.45) is 16.6 Å². The summed E-state index contributed by atoms with van der Waals surface area (Å²) in [6.45, 7) is -0.164. The smallest absolute Gasteiger partial charge is 0.369 e. The van der Waals surface area contributed by atoms with Gasteiger partial charge in [0, 0.05) is 12.1 Å². The van der Waals surface area contributed by atoms with Crippen LogP contribution in [0.2, 0.25) is 0 Å². The van der Waals surface area contributed by atoms with Crippen LogP contribution in [-0.2, 0) is 17.5 Å². The van der Waals surface area contributed by atoms with Crippen LogP contribution in [0.4, 0.5) is 13.2 Å². The SMILES string of the molecule is N#CNC(N)=NCC(=O)N(Cc1cccc(C(F)(F)F)c1)C12CC(C1)C2. The molecule has 1 aromatic carbocycles. The maximum Gasteiger partial charge on any atom is 0.416 e. The lowest BCUT2D eigenvalue weighted by Gasteiger charge is -2.66. The summed E-state index contributed by atoms with van der Waals surface area (Å²) in [7, 11) is 0. The number of nitrogens with two attached hydrogens (primary N) is 1. The highest BCUT2D eigenvalue weighted by molar-refractivity contribution is 5.85. The zero-order valence-electron chi connectivity index (χ0n) is 13.9. The van der Waals surface area contributed by atoms with Gasteiger partial charge in [-0.15, -0.1) is 0 Å². The van der Waals surface area contributed by atoms with E-state index in [0.29, 0.717) is 11.5 Å². The summed E-state index contributed by atoms with van der Waals surface area (Å²) in [5, 5.41) is 10.6. The monoisotopic (exact) mass is 365 g/mol. The summed E-state index contributed by atoms with van der Waals surface area (Å²) in [5.74, 6) is 0.112. The molecule has 1 amide bonds. The Balaban J connectivity index is 1.77. The summed E-state index contributed by atoms with van der Waals surface area (Å²) in [6.07, 6.45) is -0.219. The van der Waals surface area contributed by atoms with Gasteiger partial charge in [0.05, 0.1) is 5.56 Å². The van der Waals surface area contributed by atoms with E-state index < -0.39 is 11.7 Å². The molecule has 0 saturated heterocycles. The van der Waals surface area contributed by atoms with Crippen molar-refractivity contribution < 1.29 is 18.0 Å². The van der Waals surface area contributed by atoms with Crippen LogP contribution < -0.4 is 11.1 Å². The van der Waals surface area contributed by atoms with E-state index in [1.54, 1.807) is 17.2 Å². The lowest BCUT2D eigenvalue weighted by atomic mass is 9.49. The lowest BCUT2D eigenvalue weighted by molar-refractivity contribution is -0.173. The maximum absolute atomic E-state index is 12.9. The number of rotatable bonds is 5. The zero-order valence-corrected chi connectivity index (χ0v) is 13.9. The minimum atomic E-state index is -4.43. The van der Waals surface area contributed by atoms with E-state index in [1.807, 2.05) is 0 Å². The molecule has 9 heteroatoms. The fourth-order valence-corrected chi connectivity index (χ4v) is 3.65. The van der Waals surface area contributed by atoms with Crippen LogP contribution in [0.25, 0.3) is 0 Å². The van der Waals surface area contributed by atoms with Crippen molar-refractivity contribution in [3.63, 3.8) is 0 Å². The van der Waals surface area contributed by atoms with Crippen molar-refractivity contribution in [1.82, 2.24) is 10.2 Å². The number of guanidine groups is 1. The van der Waals surface area contributed by atoms with Crippen LogP contribution in [0.3, 0.4) is 0 Å². The molecule has 3 aliphatic rings. The number of nitrogens with zero attached hydrogens (tertiary/aromatic N) is 3. The predicted octanol–water partition coefficient (Wildman–Crippen LogP) is 1.97. The average Bonchev–Trinajstić information content (AvgIpc) is 2.49. The predicted molar refractivity (Wildman–Crippen MR) is 87.3 cm³/mol. The minimum absolute atomic E-state index is 0.0938. The van der Waals surface area contributed by atoms with Crippen LogP contribution in [0.5, 0.6) is 0 Å². The molecule has 1 aromatic rings. The first-order valence-corrected chi connectivity index (χ1v) is 8.15. The minimum Gasteiger partial charge on any atom is -0.369 e. The van der Waals surface area contributed by atoms with Crippen molar-refractivity contribution in [2.75, 3.05) is 6.54 Å². The molecule has 3 fully saturated rings. The van der Waals surface area contributed by atoms with Gasteiger partial charge in [-0.3, -0.25) is 10.1 Å². The van der Waals surface area contributed by atoms with Crippen molar-refractivity contribution in [2.45, 2.75) is 37.5 Å². The van der Waals surface area contributed by atoms with Crippen LogP contribution in [-0.4, -0.2) is 28.9 Å². The third kappa shape index (κ3) is 3.45. The molecular formula is C17H18F3N5O. The van der Waals surface area contributed by atoms with E-state index in [4.69, 9.17) is 11.0 Å². The van der Waals surface area contributed by atoms with Gasteiger partial charge in [-0.25, -0.2) is 4.99 Å². The number of alkyl halides is 3. The maximum atomic E-state index is 12.9. The lowest BCUT2D eigenvalue weighted by Crippen LogP contribution is -2.69.